The first-order chi connectivity index (χ1) is 12.5. The maximum atomic E-state index is 13.5. The van der Waals surface area contributed by atoms with Crippen LogP contribution >= 0.6 is 0 Å². The van der Waals surface area contributed by atoms with Gasteiger partial charge in [0.15, 0.2) is 21.5 Å². The summed E-state index contributed by atoms with van der Waals surface area (Å²) in [4.78, 5) is 5.59. The molecule has 3 rings (SSSR count). The number of halogens is 5. The van der Waals surface area contributed by atoms with Crippen molar-refractivity contribution >= 4 is 9.84 Å². The van der Waals surface area contributed by atoms with Gasteiger partial charge < -0.3 is 4.98 Å². The zero-order chi connectivity index (χ0) is 20.0. The van der Waals surface area contributed by atoms with Gasteiger partial charge in [-0.25, -0.2) is 22.2 Å². The first kappa shape index (κ1) is 19.0. The van der Waals surface area contributed by atoms with Crippen molar-refractivity contribution in [3.63, 3.8) is 0 Å². The highest BCUT2D eigenvalue weighted by Crippen LogP contribution is 2.36. The van der Waals surface area contributed by atoms with E-state index in [-0.39, 0.29) is 27.4 Å². The highest BCUT2D eigenvalue weighted by atomic mass is 32.2. The largest absolute Gasteiger partial charge is 0.449 e. The standard InChI is InChI=1S/C17H11F5N2O2S/c1-27(25,26)11-5-2-9(3-6-11)14-15(24-16(23-14)17(20,21)22)10-4-7-12(18)13(19)8-10/h2-8H,1H3,(H,23,24). The number of rotatable bonds is 3. The van der Waals surface area contributed by atoms with Crippen LogP contribution in [0.15, 0.2) is 47.4 Å². The van der Waals surface area contributed by atoms with Crippen molar-refractivity contribution in [1.29, 1.82) is 0 Å². The minimum absolute atomic E-state index is 0.0174. The molecular weight excluding hydrogens is 391 g/mol. The van der Waals surface area contributed by atoms with Crippen LogP contribution in [-0.4, -0.2) is 24.6 Å². The lowest BCUT2D eigenvalue weighted by atomic mass is 10.0. The maximum Gasteiger partial charge on any atom is 0.449 e. The zero-order valence-corrected chi connectivity index (χ0v) is 14.4. The average Bonchev–Trinajstić information content (AvgIpc) is 3.02. The Morgan fingerprint density at radius 3 is 2.04 bits per heavy atom. The van der Waals surface area contributed by atoms with Gasteiger partial charge in [0.1, 0.15) is 0 Å². The molecule has 0 aliphatic rings. The molecule has 0 radical (unpaired) electrons. The number of imidazole rings is 1. The number of benzene rings is 2. The summed E-state index contributed by atoms with van der Waals surface area (Å²) >= 11 is 0. The van der Waals surface area contributed by atoms with Crippen molar-refractivity contribution in [3.8, 4) is 22.5 Å². The van der Waals surface area contributed by atoms with E-state index in [9.17, 15) is 30.4 Å². The van der Waals surface area contributed by atoms with Gasteiger partial charge in [-0.15, -0.1) is 0 Å². The average molecular weight is 402 g/mol. The van der Waals surface area contributed by atoms with E-state index < -0.39 is 33.5 Å². The van der Waals surface area contributed by atoms with Gasteiger partial charge in [0, 0.05) is 17.4 Å². The fraction of sp³-hybridized carbons (Fsp3) is 0.118. The Bertz CT molecular complexity index is 1100. The Kier molecular flexibility index (Phi) is 4.54. The molecule has 27 heavy (non-hydrogen) atoms. The first-order valence-electron chi connectivity index (χ1n) is 7.40. The molecule has 0 aliphatic heterocycles. The molecule has 1 heterocycles. The summed E-state index contributed by atoms with van der Waals surface area (Å²) in [6.07, 6.45) is -3.80. The van der Waals surface area contributed by atoms with Gasteiger partial charge >= 0.3 is 6.18 Å². The Morgan fingerprint density at radius 1 is 0.926 bits per heavy atom. The molecule has 0 unspecified atom stereocenters. The van der Waals surface area contributed by atoms with Gasteiger partial charge in [-0.3, -0.25) is 0 Å². The van der Waals surface area contributed by atoms with Crippen molar-refractivity contribution in [1.82, 2.24) is 9.97 Å². The number of aromatic nitrogens is 2. The van der Waals surface area contributed by atoms with Crippen molar-refractivity contribution < 1.29 is 30.4 Å². The van der Waals surface area contributed by atoms with Crippen molar-refractivity contribution in [2.24, 2.45) is 0 Å². The summed E-state index contributed by atoms with van der Waals surface area (Å²) in [5.41, 5.74) is -0.213. The minimum Gasteiger partial charge on any atom is -0.334 e. The number of alkyl halides is 3. The first-order valence-corrected chi connectivity index (χ1v) is 9.29. The molecule has 0 saturated carbocycles. The van der Waals surface area contributed by atoms with Gasteiger partial charge in [0.25, 0.3) is 0 Å². The predicted octanol–water partition coefficient (Wildman–Crippen LogP) is 4.44. The van der Waals surface area contributed by atoms with Crippen LogP contribution < -0.4 is 0 Å². The van der Waals surface area contributed by atoms with Crippen LogP contribution in [0.1, 0.15) is 5.82 Å². The van der Waals surface area contributed by atoms with Crippen LogP contribution in [0.3, 0.4) is 0 Å². The summed E-state index contributed by atoms with van der Waals surface area (Å²) in [7, 11) is -3.49. The van der Waals surface area contributed by atoms with Gasteiger partial charge in [-0.2, -0.15) is 13.2 Å². The molecule has 0 aliphatic carbocycles. The molecule has 0 spiro atoms. The third-order valence-corrected chi connectivity index (χ3v) is 4.86. The van der Waals surface area contributed by atoms with E-state index >= 15 is 0 Å². The molecule has 0 fully saturated rings. The summed E-state index contributed by atoms with van der Waals surface area (Å²) in [6, 6.07) is 7.68. The molecular formula is C17H11F5N2O2S. The summed E-state index contributed by atoms with van der Waals surface area (Å²) in [5, 5.41) is 0. The lowest BCUT2D eigenvalue weighted by Gasteiger charge is -2.05. The van der Waals surface area contributed by atoms with Crippen molar-refractivity contribution in [3.05, 3.63) is 59.9 Å². The Labute approximate surface area is 150 Å². The summed E-state index contributed by atoms with van der Waals surface area (Å²) in [5.74, 6) is -3.70. The quantitative estimate of drug-likeness (QED) is 0.659. The van der Waals surface area contributed by atoms with E-state index in [1.165, 1.54) is 24.3 Å². The Hall–Kier alpha value is -2.75. The van der Waals surface area contributed by atoms with E-state index in [2.05, 4.69) is 9.97 Å². The van der Waals surface area contributed by atoms with Gasteiger partial charge in [0.05, 0.1) is 16.3 Å². The lowest BCUT2D eigenvalue weighted by molar-refractivity contribution is -0.144. The van der Waals surface area contributed by atoms with E-state index in [0.29, 0.717) is 0 Å². The zero-order valence-electron chi connectivity index (χ0n) is 13.6. The van der Waals surface area contributed by atoms with E-state index in [0.717, 1.165) is 24.5 Å². The van der Waals surface area contributed by atoms with Gasteiger partial charge in [-0.05, 0) is 30.3 Å². The number of nitrogens with zero attached hydrogens (tertiary/aromatic N) is 1. The third-order valence-electron chi connectivity index (χ3n) is 3.74. The van der Waals surface area contributed by atoms with Crippen LogP contribution in [0.25, 0.3) is 22.5 Å². The van der Waals surface area contributed by atoms with E-state index in [1.54, 1.807) is 0 Å². The second-order valence-electron chi connectivity index (χ2n) is 5.73. The Balaban J connectivity index is 2.19. The molecule has 0 saturated heterocycles. The molecule has 10 heteroatoms. The molecule has 0 bridgehead atoms. The third kappa shape index (κ3) is 3.85. The highest BCUT2D eigenvalue weighted by molar-refractivity contribution is 7.90. The summed E-state index contributed by atoms with van der Waals surface area (Å²) in [6.45, 7) is 0. The van der Waals surface area contributed by atoms with Gasteiger partial charge in [-0.1, -0.05) is 12.1 Å². The normalized spacial score (nSPS) is 12.4. The molecule has 1 N–H and O–H groups in total. The van der Waals surface area contributed by atoms with Crippen LogP contribution in [0.2, 0.25) is 0 Å². The summed E-state index contributed by atoms with van der Waals surface area (Å²) < 4.78 is 88.9. The number of hydrogen-bond donors (Lipinski definition) is 1. The topological polar surface area (TPSA) is 62.8 Å². The van der Waals surface area contributed by atoms with Crippen LogP contribution in [0.4, 0.5) is 22.0 Å². The molecule has 2 aromatic carbocycles. The maximum absolute atomic E-state index is 13.5. The van der Waals surface area contributed by atoms with Crippen molar-refractivity contribution in [2.75, 3.05) is 6.26 Å². The van der Waals surface area contributed by atoms with E-state index in [1.807, 2.05) is 0 Å². The van der Waals surface area contributed by atoms with E-state index in [4.69, 9.17) is 0 Å². The lowest BCUT2D eigenvalue weighted by Crippen LogP contribution is -2.07. The fourth-order valence-corrected chi connectivity index (χ4v) is 3.07. The minimum atomic E-state index is -4.79. The molecule has 0 atom stereocenters. The fourth-order valence-electron chi connectivity index (χ4n) is 2.44. The van der Waals surface area contributed by atoms with Crippen LogP contribution in [-0.2, 0) is 16.0 Å². The number of nitrogens with one attached hydrogen (secondary N) is 1. The number of H-pyrrole nitrogens is 1. The second-order valence-corrected chi connectivity index (χ2v) is 7.75. The number of aromatic amines is 1. The molecule has 3 aromatic rings. The monoisotopic (exact) mass is 402 g/mol. The van der Waals surface area contributed by atoms with Crippen molar-refractivity contribution in [2.45, 2.75) is 11.1 Å². The SMILES string of the molecule is CS(=O)(=O)c1ccc(-c2[nH]c(C(F)(F)F)nc2-c2ccc(F)c(F)c2)cc1. The molecule has 142 valence electrons. The highest BCUT2D eigenvalue weighted by Gasteiger charge is 2.36. The number of hydrogen-bond acceptors (Lipinski definition) is 3. The second kappa shape index (κ2) is 6.45. The molecule has 1 aromatic heterocycles. The predicted molar refractivity (Wildman–Crippen MR) is 87.5 cm³/mol. The Morgan fingerprint density at radius 2 is 1.52 bits per heavy atom. The van der Waals surface area contributed by atoms with Gasteiger partial charge in [0.2, 0.25) is 5.82 Å². The molecule has 4 nitrogen and oxygen atoms in total. The van der Waals surface area contributed by atoms with Crippen LogP contribution in [0.5, 0.6) is 0 Å². The number of sulfone groups is 1. The van der Waals surface area contributed by atoms with Crippen LogP contribution in [0, 0.1) is 11.6 Å². The smallest absolute Gasteiger partial charge is 0.334 e. The molecule has 0 amide bonds.